The number of aromatic nitrogens is 1. The van der Waals surface area contributed by atoms with Crippen molar-refractivity contribution in [1.29, 1.82) is 0 Å². The van der Waals surface area contributed by atoms with Crippen LogP contribution < -0.4 is 9.47 Å². The summed E-state index contributed by atoms with van der Waals surface area (Å²) in [5.41, 5.74) is 1.51. The number of piperazine rings is 1. The van der Waals surface area contributed by atoms with Gasteiger partial charge in [-0.2, -0.15) is 8.78 Å². The van der Waals surface area contributed by atoms with Crippen LogP contribution in [0.3, 0.4) is 0 Å². The molecular formula is C21H25F2N3O4. The van der Waals surface area contributed by atoms with Crippen LogP contribution in [0.2, 0.25) is 0 Å². The first-order valence-corrected chi connectivity index (χ1v) is 9.77. The Labute approximate surface area is 173 Å². The van der Waals surface area contributed by atoms with Gasteiger partial charge in [0.15, 0.2) is 17.3 Å². The smallest absolute Gasteiger partial charge is 0.387 e. The highest BCUT2D eigenvalue weighted by atomic mass is 19.3. The van der Waals surface area contributed by atoms with Crippen LogP contribution in [-0.2, 0) is 11.3 Å². The van der Waals surface area contributed by atoms with Crippen molar-refractivity contribution in [3.8, 4) is 11.5 Å². The molecule has 1 fully saturated rings. The third-order valence-electron chi connectivity index (χ3n) is 4.64. The van der Waals surface area contributed by atoms with E-state index < -0.39 is 6.61 Å². The van der Waals surface area contributed by atoms with E-state index in [-0.39, 0.29) is 17.4 Å². The Morgan fingerprint density at radius 3 is 2.63 bits per heavy atom. The predicted octanol–water partition coefficient (Wildman–Crippen LogP) is 3.34. The summed E-state index contributed by atoms with van der Waals surface area (Å²) in [6.07, 6.45) is 3.12. The van der Waals surface area contributed by atoms with Gasteiger partial charge in [-0.25, -0.2) is 0 Å². The minimum Gasteiger partial charge on any atom is -0.490 e. The van der Waals surface area contributed by atoms with Crippen molar-refractivity contribution >= 4 is 12.0 Å². The van der Waals surface area contributed by atoms with Gasteiger partial charge >= 0.3 is 6.61 Å². The highest BCUT2D eigenvalue weighted by Gasteiger charge is 2.20. The molecular weight excluding hydrogens is 396 g/mol. The number of ether oxygens (including phenoxy) is 2. The molecule has 3 rings (SSSR count). The molecule has 0 bridgehead atoms. The van der Waals surface area contributed by atoms with Crippen molar-refractivity contribution in [2.24, 2.45) is 0 Å². The summed E-state index contributed by atoms with van der Waals surface area (Å²) < 4.78 is 40.1. The lowest BCUT2D eigenvalue weighted by Gasteiger charge is -2.33. The molecule has 2 aromatic rings. The number of carbonyl (C=O) groups is 1. The zero-order chi connectivity index (χ0) is 21.5. The van der Waals surface area contributed by atoms with Crippen LogP contribution in [0.1, 0.15) is 23.9 Å². The molecule has 0 atom stereocenters. The number of hydrogen-bond donors (Lipinski definition) is 0. The minimum atomic E-state index is -2.93. The van der Waals surface area contributed by atoms with Crippen molar-refractivity contribution < 1.29 is 27.6 Å². The third-order valence-corrected chi connectivity index (χ3v) is 4.64. The summed E-state index contributed by atoms with van der Waals surface area (Å²) in [5.74, 6) is 0.893. The maximum Gasteiger partial charge on any atom is 0.387 e. The van der Waals surface area contributed by atoms with Crippen LogP contribution >= 0.6 is 0 Å². The number of amides is 1. The van der Waals surface area contributed by atoms with Crippen molar-refractivity contribution in [2.75, 3.05) is 32.8 Å². The van der Waals surface area contributed by atoms with Gasteiger partial charge in [-0.1, -0.05) is 11.2 Å². The van der Waals surface area contributed by atoms with Gasteiger partial charge < -0.3 is 18.9 Å². The number of rotatable bonds is 8. The molecule has 0 spiro atoms. The molecule has 7 nitrogen and oxygen atoms in total. The predicted molar refractivity (Wildman–Crippen MR) is 106 cm³/mol. The molecule has 30 heavy (non-hydrogen) atoms. The standard InChI is InChI=1S/C21H25F2N3O4/c1-3-28-19-13-16(4-6-18(19)29-21(22)23)5-7-20(27)26-10-8-25(9-11-26)14-17-12-15(2)24-30-17/h4-7,12-13,21H,3,8-11,14H2,1-2H3/b7-5+. The van der Waals surface area contributed by atoms with Gasteiger partial charge in [0.25, 0.3) is 0 Å². The number of nitrogens with zero attached hydrogens (tertiary/aromatic N) is 3. The molecule has 1 aromatic heterocycles. The molecule has 1 saturated heterocycles. The van der Waals surface area contributed by atoms with E-state index in [0.717, 1.165) is 24.5 Å². The first-order valence-electron chi connectivity index (χ1n) is 9.77. The maximum absolute atomic E-state index is 12.5. The summed E-state index contributed by atoms with van der Waals surface area (Å²) in [6.45, 7) is 4.40. The van der Waals surface area contributed by atoms with E-state index in [1.165, 1.54) is 12.1 Å². The first kappa shape index (κ1) is 21.8. The second kappa shape index (κ2) is 10.2. The van der Waals surface area contributed by atoms with Crippen LogP contribution in [0.15, 0.2) is 34.9 Å². The molecule has 0 radical (unpaired) electrons. The number of carbonyl (C=O) groups excluding carboxylic acids is 1. The SMILES string of the molecule is CCOc1cc(/C=C/C(=O)N2CCN(Cc3cc(C)no3)CC2)ccc1OC(F)F. The van der Waals surface area contributed by atoms with Gasteiger partial charge in [-0.05, 0) is 37.6 Å². The Kier molecular flexibility index (Phi) is 7.40. The second-order valence-electron chi connectivity index (χ2n) is 6.89. The number of benzene rings is 1. The van der Waals surface area contributed by atoms with Crippen LogP contribution in [0.5, 0.6) is 11.5 Å². The van der Waals surface area contributed by atoms with Crippen molar-refractivity contribution in [2.45, 2.75) is 27.0 Å². The van der Waals surface area contributed by atoms with Crippen molar-refractivity contribution in [3.63, 3.8) is 0 Å². The molecule has 1 aliphatic rings. The van der Waals surface area contributed by atoms with Crippen LogP contribution in [0, 0.1) is 6.92 Å². The number of aryl methyl sites for hydroxylation is 1. The van der Waals surface area contributed by atoms with Gasteiger partial charge in [-0.3, -0.25) is 9.69 Å². The summed E-state index contributed by atoms with van der Waals surface area (Å²) in [6, 6.07) is 6.49. The van der Waals surface area contributed by atoms with E-state index in [2.05, 4.69) is 14.8 Å². The lowest BCUT2D eigenvalue weighted by Crippen LogP contribution is -2.47. The zero-order valence-corrected chi connectivity index (χ0v) is 17.0. The fraction of sp³-hybridized carbons (Fsp3) is 0.429. The van der Waals surface area contributed by atoms with Crippen molar-refractivity contribution in [1.82, 2.24) is 15.0 Å². The molecule has 0 unspecified atom stereocenters. The quantitative estimate of drug-likeness (QED) is 0.609. The van der Waals surface area contributed by atoms with Gasteiger partial charge in [-0.15, -0.1) is 0 Å². The van der Waals surface area contributed by atoms with E-state index in [1.54, 1.807) is 30.0 Å². The molecule has 162 valence electrons. The average molecular weight is 421 g/mol. The Hall–Kier alpha value is -2.94. The molecule has 0 saturated carbocycles. The summed E-state index contributed by atoms with van der Waals surface area (Å²) >= 11 is 0. The van der Waals surface area contributed by atoms with E-state index in [4.69, 9.17) is 9.26 Å². The van der Waals surface area contributed by atoms with Gasteiger partial charge in [0.2, 0.25) is 5.91 Å². The van der Waals surface area contributed by atoms with E-state index >= 15 is 0 Å². The molecule has 9 heteroatoms. The van der Waals surface area contributed by atoms with E-state index in [1.807, 2.05) is 13.0 Å². The molecule has 1 aliphatic heterocycles. The topological polar surface area (TPSA) is 68.0 Å². The van der Waals surface area contributed by atoms with Gasteiger partial charge in [0.05, 0.1) is 18.8 Å². The van der Waals surface area contributed by atoms with Crippen LogP contribution in [0.4, 0.5) is 8.78 Å². The highest BCUT2D eigenvalue weighted by Crippen LogP contribution is 2.30. The molecule has 0 aliphatic carbocycles. The van der Waals surface area contributed by atoms with E-state index in [0.29, 0.717) is 31.8 Å². The van der Waals surface area contributed by atoms with Crippen molar-refractivity contribution in [3.05, 3.63) is 47.4 Å². The van der Waals surface area contributed by atoms with E-state index in [9.17, 15) is 13.6 Å². The average Bonchev–Trinajstić information content (AvgIpc) is 3.13. The normalized spacial score (nSPS) is 15.2. The zero-order valence-electron chi connectivity index (χ0n) is 17.0. The van der Waals surface area contributed by atoms with Crippen LogP contribution in [-0.4, -0.2) is 60.3 Å². The lowest BCUT2D eigenvalue weighted by molar-refractivity contribution is -0.127. The summed E-state index contributed by atoms with van der Waals surface area (Å²) in [7, 11) is 0. The molecule has 1 amide bonds. The Morgan fingerprint density at radius 2 is 2.00 bits per heavy atom. The Balaban J connectivity index is 1.54. The Bertz CT molecular complexity index is 877. The van der Waals surface area contributed by atoms with Gasteiger partial charge in [0.1, 0.15) is 0 Å². The van der Waals surface area contributed by atoms with Gasteiger partial charge in [0, 0.05) is 38.3 Å². The highest BCUT2D eigenvalue weighted by molar-refractivity contribution is 5.92. The maximum atomic E-state index is 12.5. The molecule has 2 heterocycles. The third kappa shape index (κ3) is 6.03. The fourth-order valence-corrected chi connectivity index (χ4v) is 3.20. The summed E-state index contributed by atoms with van der Waals surface area (Å²) in [4.78, 5) is 16.5. The number of halogens is 2. The Morgan fingerprint density at radius 1 is 1.23 bits per heavy atom. The molecule has 0 N–H and O–H groups in total. The fourth-order valence-electron chi connectivity index (χ4n) is 3.20. The lowest BCUT2D eigenvalue weighted by atomic mass is 10.2. The number of hydrogen-bond acceptors (Lipinski definition) is 6. The second-order valence-corrected chi connectivity index (χ2v) is 6.89. The molecule has 1 aromatic carbocycles. The number of alkyl halides is 2. The van der Waals surface area contributed by atoms with Crippen LogP contribution in [0.25, 0.3) is 6.08 Å². The first-order chi connectivity index (χ1) is 14.4. The summed E-state index contributed by atoms with van der Waals surface area (Å²) in [5, 5.41) is 3.89. The largest absolute Gasteiger partial charge is 0.490 e. The monoisotopic (exact) mass is 421 g/mol. The minimum absolute atomic E-state index is 0.0339.